The van der Waals surface area contributed by atoms with Crippen LogP contribution in [0.5, 0.6) is 0 Å². The molecule has 0 N–H and O–H groups in total. The molecule has 192 valence electrons. The zero-order valence-electron chi connectivity index (χ0n) is 22.0. The Labute approximate surface area is 236 Å². The summed E-state index contributed by atoms with van der Waals surface area (Å²) in [6.07, 6.45) is 0. The predicted molar refractivity (Wildman–Crippen MR) is 166 cm³/mol. The summed E-state index contributed by atoms with van der Waals surface area (Å²) in [6.45, 7) is 0. The summed E-state index contributed by atoms with van der Waals surface area (Å²) in [5.41, 5.74) is 6.64. The van der Waals surface area contributed by atoms with Gasteiger partial charge < -0.3 is 4.42 Å². The van der Waals surface area contributed by atoms with Crippen molar-refractivity contribution in [2.45, 2.75) is 0 Å². The molecule has 0 aliphatic rings. The minimum atomic E-state index is 0.609. The number of aromatic nitrogens is 3. The van der Waals surface area contributed by atoms with E-state index in [1.165, 1.54) is 5.39 Å². The van der Waals surface area contributed by atoms with Crippen LogP contribution in [0, 0.1) is 0 Å². The van der Waals surface area contributed by atoms with Gasteiger partial charge in [-0.1, -0.05) is 115 Å². The number of hydrogen-bond donors (Lipinski definition) is 0. The van der Waals surface area contributed by atoms with Gasteiger partial charge in [0.15, 0.2) is 17.5 Å². The second kappa shape index (κ2) is 9.54. The Morgan fingerprint density at radius 1 is 0.390 bits per heavy atom. The van der Waals surface area contributed by atoms with E-state index in [9.17, 15) is 0 Å². The zero-order chi connectivity index (χ0) is 27.2. The lowest BCUT2D eigenvalue weighted by molar-refractivity contribution is 0.669. The highest BCUT2D eigenvalue weighted by molar-refractivity contribution is 6.11. The van der Waals surface area contributed by atoms with Gasteiger partial charge in [-0.25, -0.2) is 15.0 Å². The highest BCUT2D eigenvalue weighted by Gasteiger charge is 2.19. The summed E-state index contributed by atoms with van der Waals surface area (Å²) < 4.78 is 6.20. The van der Waals surface area contributed by atoms with Gasteiger partial charge >= 0.3 is 0 Å². The third-order valence-electron chi connectivity index (χ3n) is 7.52. The number of nitrogens with zero attached hydrogens (tertiary/aromatic N) is 3. The van der Waals surface area contributed by atoms with Crippen molar-refractivity contribution in [2.24, 2.45) is 0 Å². The highest BCUT2D eigenvalue weighted by Crippen LogP contribution is 2.38. The van der Waals surface area contributed by atoms with Crippen LogP contribution in [0.2, 0.25) is 0 Å². The van der Waals surface area contributed by atoms with E-state index in [0.717, 1.165) is 55.1 Å². The number of para-hydroxylation sites is 1. The van der Waals surface area contributed by atoms with Crippen molar-refractivity contribution in [1.82, 2.24) is 15.0 Å². The topological polar surface area (TPSA) is 51.8 Å². The second-order valence-corrected chi connectivity index (χ2v) is 10.1. The molecule has 0 aliphatic carbocycles. The lowest BCUT2D eigenvalue weighted by Crippen LogP contribution is -2.01. The highest BCUT2D eigenvalue weighted by atomic mass is 16.3. The van der Waals surface area contributed by atoms with E-state index < -0.39 is 0 Å². The van der Waals surface area contributed by atoms with Crippen LogP contribution in [0.4, 0.5) is 0 Å². The molecule has 0 fully saturated rings. The molecular formula is C37H23N3O. The molecule has 0 amide bonds. The van der Waals surface area contributed by atoms with Crippen molar-refractivity contribution in [1.29, 1.82) is 0 Å². The van der Waals surface area contributed by atoms with Crippen molar-refractivity contribution in [3.63, 3.8) is 0 Å². The largest absolute Gasteiger partial charge is 0.456 e. The van der Waals surface area contributed by atoms with Crippen LogP contribution in [-0.4, -0.2) is 15.0 Å². The molecule has 0 spiro atoms. The molecule has 8 rings (SSSR count). The molecule has 6 aromatic carbocycles. The van der Waals surface area contributed by atoms with E-state index in [0.29, 0.717) is 17.5 Å². The number of benzene rings is 6. The first kappa shape index (κ1) is 23.3. The van der Waals surface area contributed by atoms with Crippen LogP contribution in [0.1, 0.15) is 0 Å². The molecular weight excluding hydrogens is 502 g/mol. The molecule has 0 saturated carbocycles. The molecule has 0 radical (unpaired) electrons. The lowest BCUT2D eigenvalue weighted by Gasteiger charge is -2.14. The Kier molecular flexibility index (Phi) is 5.42. The van der Waals surface area contributed by atoms with Crippen LogP contribution in [0.15, 0.2) is 144 Å². The molecule has 2 heterocycles. The van der Waals surface area contributed by atoms with Gasteiger partial charge in [-0.2, -0.15) is 0 Å². The summed E-state index contributed by atoms with van der Waals surface area (Å²) in [5, 5.41) is 4.34. The Morgan fingerprint density at radius 2 is 0.951 bits per heavy atom. The molecule has 41 heavy (non-hydrogen) atoms. The number of fused-ring (bicyclic) bond motifs is 4. The smallest absolute Gasteiger partial charge is 0.164 e. The van der Waals surface area contributed by atoms with Crippen molar-refractivity contribution in [3.8, 4) is 45.3 Å². The average Bonchev–Trinajstić information content (AvgIpc) is 3.44. The minimum Gasteiger partial charge on any atom is -0.456 e. The molecule has 0 unspecified atom stereocenters. The second-order valence-electron chi connectivity index (χ2n) is 10.1. The molecule has 2 aromatic heterocycles. The van der Waals surface area contributed by atoms with E-state index in [4.69, 9.17) is 19.4 Å². The van der Waals surface area contributed by atoms with E-state index >= 15 is 0 Å². The van der Waals surface area contributed by atoms with Crippen LogP contribution in [-0.2, 0) is 0 Å². The third-order valence-corrected chi connectivity index (χ3v) is 7.52. The maximum Gasteiger partial charge on any atom is 0.164 e. The van der Waals surface area contributed by atoms with Gasteiger partial charge in [0.05, 0.1) is 0 Å². The van der Waals surface area contributed by atoms with Crippen molar-refractivity contribution in [3.05, 3.63) is 140 Å². The van der Waals surface area contributed by atoms with Gasteiger partial charge in [0.2, 0.25) is 0 Å². The monoisotopic (exact) mass is 525 g/mol. The SMILES string of the molecule is c1ccc(-c2nc(-c3cc4ccccc4cc3-c3ccccc3)nc(-c3cccc4oc5ccccc5c34)n2)cc1. The summed E-state index contributed by atoms with van der Waals surface area (Å²) in [6, 6.07) is 47.5. The lowest BCUT2D eigenvalue weighted by atomic mass is 9.95. The first-order chi connectivity index (χ1) is 20.3. The fraction of sp³-hybridized carbons (Fsp3) is 0. The van der Waals surface area contributed by atoms with Gasteiger partial charge in [-0.05, 0) is 46.2 Å². The molecule has 0 atom stereocenters. The van der Waals surface area contributed by atoms with Crippen molar-refractivity contribution >= 4 is 32.7 Å². The number of furan rings is 1. The van der Waals surface area contributed by atoms with E-state index in [1.54, 1.807) is 0 Å². The fourth-order valence-electron chi connectivity index (χ4n) is 5.58. The first-order valence-electron chi connectivity index (χ1n) is 13.6. The number of rotatable bonds is 4. The summed E-state index contributed by atoms with van der Waals surface area (Å²) >= 11 is 0. The van der Waals surface area contributed by atoms with Gasteiger partial charge in [0.25, 0.3) is 0 Å². The maximum absolute atomic E-state index is 6.20. The molecule has 0 aliphatic heterocycles. The quantitative estimate of drug-likeness (QED) is 0.230. The minimum absolute atomic E-state index is 0.609. The molecule has 0 saturated heterocycles. The predicted octanol–water partition coefficient (Wildman–Crippen LogP) is 9.59. The normalized spacial score (nSPS) is 11.4. The van der Waals surface area contributed by atoms with Gasteiger partial charge in [-0.15, -0.1) is 0 Å². The molecule has 4 heteroatoms. The summed E-state index contributed by atoms with van der Waals surface area (Å²) in [5.74, 6) is 1.86. The third kappa shape index (κ3) is 4.05. The molecule has 0 bridgehead atoms. The molecule has 8 aromatic rings. The standard InChI is InChI=1S/C37H23N3O/c1-3-12-24(13-4-1)30-22-26-16-7-8-17-27(26)23-31(30)37-39-35(25-14-5-2-6-15-25)38-36(40-37)29-19-11-21-33-34(29)28-18-9-10-20-32(28)41-33/h1-23H. The Morgan fingerprint density at radius 3 is 1.71 bits per heavy atom. The zero-order valence-corrected chi connectivity index (χ0v) is 22.0. The summed E-state index contributed by atoms with van der Waals surface area (Å²) in [7, 11) is 0. The Balaban J connectivity index is 1.45. The summed E-state index contributed by atoms with van der Waals surface area (Å²) in [4.78, 5) is 15.3. The number of hydrogen-bond acceptors (Lipinski definition) is 4. The van der Waals surface area contributed by atoms with E-state index in [1.807, 2.05) is 66.7 Å². The average molecular weight is 526 g/mol. The Hall–Kier alpha value is -5.61. The van der Waals surface area contributed by atoms with Gasteiger partial charge in [0, 0.05) is 27.5 Å². The fourth-order valence-corrected chi connectivity index (χ4v) is 5.58. The van der Waals surface area contributed by atoms with E-state index in [2.05, 4.69) is 72.8 Å². The van der Waals surface area contributed by atoms with Crippen LogP contribution < -0.4 is 0 Å². The van der Waals surface area contributed by atoms with Crippen LogP contribution >= 0.6 is 0 Å². The van der Waals surface area contributed by atoms with Crippen molar-refractivity contribution in [2.75, 3.05) is 0 Å². The van der Waals surface area contributed by atoms with Gasteiger partial charge in [0.1, 0.15) is 11.2 Å². The van der Waals surface area contributed by atoms with E-state index in [-0.39, 0.29) is 0 Å². The molecule has 4 nitrogen and oxygen atoms in total. The first-order valence-corrected chi connectivity index (χ1v) is 13.6. The maximum atomic E-state index is 6.20. The van der Waals surface area contributed by atoms with Gasteiger partial charge in [-0.3, -0.25) is 0 Å². The van der Waals surface area contributed by atoms with Crippen LogP contribution in [0.25, 0.3) is 78.0 Å². The van der Waals surface area contributed by atoms with Crippen molar-refractivity contribution < 1.29 is 4.42 Å². The van der Waals surface area contributed by atoms with Crippen LogP contribution in [0.3, 0.4) is 0 Å². The Bertz CT molecular complexity index is 2200.